The Bertz CT molecular complexity index is 201. The monoisotopic (exact) mass is 165 g/mol. The Morgan fingerprint density at radius 3 is 2.92 bits per heavy atom. The van der Waals surface area contributed by atoms with Gasteiger partial charge < -0.3 is 4.90 Å². The Morgan fingerprint density at radius 2 is 2.25 bits per heavy atom. The van der Waals surface area contributed by atoms with E-state index in [-0.39, 0.29) is 0 Å². The van der Waals surface area contributed by atoms with E-state index in [9.17, 15) is 0 Å². The molecule has 1 aliphatic heterocycles. The van der Waals surface area contributed by atoms with E-state index in [0.717, 1.165) is 6.42 Å². The molecule has 0 radical (unpaired) electrons. The summed E-state index contributed by atoms with van der Waals surface area (Å²) in [6, 6.07) is 0. The molecule has 0 fully saturated rings. The quantitative estimate of drug-likeness (QED) is 0.569. The third-order valence-electron chi connectivity index (χ3n) is 2.66. The van der Waals surface area contributed by atoms with E-state index in [0.29, 0.717) is 0 Å². The molecule has 0 spiro atoms. The fourth-order valence-electron chi connectivity index (χ4n) is 1.66. The number of nitrogens with zero attached hydrogens (tertiary/aromatic N) is 1. The highest BCUT2D eigenvalue weighted by Gasteiger charge is 2.11. The molecule has 1 rings (SSSR count). The lowest BCUT2D eigenvalue weighted by molar-refractivity contribution is 0.377. The predicted molar refractivity (Wildman–Crippen MR) is 54.0 cm³/mol. The fourth-order valence-corrected chi connectivity index (χ4v) is 1.66. The lowest BCUT2D eigenvalue weighted by Gasteiger charge is -2.28. The van der Waals surface area contributed by atoms with Crippen LogP contribution in [0.4, 0.5) is 0 Å². The third-order valence-corrected chi connectivity index (χ3v) is 2.66. The largest absolute Gasteiger partial charge is 0.378 e. The zero-order valence-corrected chi connectivity index (χ0v) is 8.43. The molecule has 0 N–H and O–H groups in total. The van der Waals surface area contributed by atoms with Crippen LogP contribution in [0, 0.1) is 0 Å². The fraction of sp³-hybridized carbons (Fsp3) is 0.636. The summed E-state index contributed by atoms with van der Waals surface area (Å²) in [5, 5.41) is 0. The van der Waals surface area contributed by atoms with Crippen LogP contribution >= 0.6 is 0 Å². The lowest BCUT2D eigenvalue weighted by Crippen LogP contribution is -2.23. The summed E-state index contributed by atoms with van der Waals surface area (Å²) in [5.74, 6) is 0. The van der Waals surface area contributed by atoms with Crippen LogP contribution in [-0.4, -0.2) is 18.5 Å². The van der Waals surface area contributed by atoms with Gasteiger partial charge in [0.25, 0.3) is 0 Å². The van der Waals surface area contributed by atoms with Gasteiger partial charge in [-0.1, -0.05) is 12.2 Å². The molecule has 68 valence electrons. The Hall–Kier alpha value is -0.720. The Kier molecular flexibility index (Phi) is 3.39. The Labute approximate surface area is 75.8 Å². The smallest absolute Gasteiger partial charge is 0.0174 e. The van der Waals surface area contributed by atoms with Gasteiger partial charge in [-0.15, -0.1) is 0 Å². The molecule has 0 aromatic heterocycles. The van der Waals surface area contributed by atoms with E-state index in [1.165, 1.54) is 25.1 Å². The summed E-state index contributed by atoms with van der Waals surface area (Å²) in [6.45, 7) is 5.55. The standard InChI is InChI=1S/C11H19N/c1-4-5-7-11-8-6-9-12(3)10(11)2/h4-5H,6-9H2,1-3H3/b5-4-. The third kappa shape index (κ3) is 2.13. The van der Waals surface area contributed by atoms with Crippen molar-refractivity contribution in [2.45, 2.75) is 33.1 Å². The van der Waals surface area contributed by atoms with E-state index in [2.05, 4.69) is 37.9 Å². The van der Waals surface area contributed by atoms with Gasteiger partial charge in [-0.25, -0.2) is 0 Å². The van der Waals surface area contributed by atoms with Gasteiger partial charge >= 0.3 is 0 Å². The summed E-state index contributed by atoms with van der Waals surface area (Å²) < 4.78 is 0. The molecule has 0 aromatic rings. The van der Waals surface area contributed by atoms with Gasteiger partial charge in [0.2, 0.25) is 0 Å². The summed E-state index contributed by atoms with van der Waals surface area (Å²) in [7, 11) is 2.18. The molecule has 0 aliphatic carbocycles. The van der Waals surface area contributed by atoms with E-state index in [4.69, 9.17) is 0 Å². The Morgan fingerprint density at radius 1 is 1.50 bits per heavy atom. The van der Waals surface area contributed by atoms with Crippen molar-refractivity contribution >= 4 is 0 Å². The summed E-state index contributed by atoms with van der Waals surface area (Å²) in [4.78, 5) is 2.36. The molecule has 0 saturated carbocycles. The minimum Gasteiger partial charge on any atom is -0.378 e. The number of hydrogen-bond donors (Lipinski definition) is 0. The number of allylic oxidation sites excluding steroid dienone is 4. The summed E-state index contributed by atoms with van der Waals surface area (Å²) in [6.07, 6.45) is 8.14. The molecular weight excluding hydrogens is 146 g/mol. The van der Waals surface area contributed by atoms with Crippen molar-refractivity contribution in [1.82, 2.24) is 4.90 Å². The first kappa shape index (κ1) is 9.37. The second-order valence-electron chi connectivity index (χ2n) is 3.49. The highest BCUT2D eigenvalue weighted by atomic mass is 15.1. The van der Waals surface area contributed by atoms with Crippen LogP contribution in [0.15, 0.2) is 23.4 Å². The average molecular weight is 165 g/mol. The maximum Gasteiger partial charge on any atom is 0.0174 e. The van der Waals surface area contributed by atoms with Crippen LogP contribution in [-0.2, 0) is 0 Å². The predicted octanol–water partition coefficient (Wildman–Crippen LogP) is 2.95. The van der Waals surface area contributed by atoms with E-state index >= 15 is 0 Å². The molecule has 12 heavy (non-hydrogen) atoms. The van der Waals surface area contributed by atoms with E-state index in [1.54, 1.807) is 5.57 Å². The first-order valence-electron chi connectivity index (χ1n) is 4.76. The zero-order valence-electron chi connectivity index (χ0n) is 8.43. The second kappa shape index (κ2) is 4.34. The highest BCUT2D eigenvalue weighted by Crippen LogP contribution is 2.23. The molecule has 0 atom stereocenters. The summed E-state index contributed by atoms with van der Waals surface area (Å²) >= 11 is 0. The van der Waals surface area contributed by atoms with Crippen LogP contribution in [0.3, 0.4) is 0 Å². The van der Waals surface area contributed by atoms with Gasteiger partial charge in [0, 0.05) is 19.3 Å². The summed E-state index contributed by atoms with van der Waals surface area (Å²) in [5.41, 5.74) is 3.10. The SMILES string of the molecule is C/C=C\CC1=C(C)N(C)CCC1. The number of rotatable bonds is 2. The lowest BCUT2D eigenvalue weighted by atomic mass is 10.00. The molecule has 0 bridgehead atoms. The minimum atomic E-state index is 1.15. The van der Waals surface area contributed by atoms with Crippen molar-refractivity contribution < 1.29 is 0 Å². The number of hydrogen-bond acceptors (Lipinski definition) is 1. The van der Waals surface area contributed by atoms with Crippen LogP contribution in [0.2, 0.25) is 0 Å². The molecule has 0 saturated heterocycles. The highest BCUT2D eigenvalue weighted by molar-refractivity contribution is 5.16. The van der Waals surface area contributed by atoms with Crippen molar-refractivity contribution in [1.29, 1.82) is 0 Å². The normalized spacial score (nSPS) is 19.4. The Balaban J connectivity index is 2.64. The van der Waals surface area contributed by atoms with Crippen molar-refractivity contribution in [3.63, 3.8) is 0 Å². The van der Waals surface area contributed by atoms with Gasteiger partial charge in [-0.3, -0.25) is 0 Å². The average Bonchev–Trinajstić information content (AvgIpc) is 2.08. The molecule has 0 unspecified atom stereocenters. The van der Waals surface area contributed by atoms with E-state index < -0.39 is 0 Å². The molecule has 1 heterocycles. The van der Waals surface area contributed by atoms with Crippen LogP contribution in [0.25, 0.3) is 0 Å². The van der Waals surface area contributed by atoms with Gasteiger partial charge in [0.1, 0.15) is 0 Å². The van der Waals surface area contributed by atoms with Gasteiger partial charge in [0.05, 0.1) is 0 Å². The van der Waals surface area contributed by atoms with Crippen molar-refractivity contribution in [3.8, 4) is 0 Å². The first-order chi connectivity index (χ1) is 5.75. The first-order valence-corrected chi connectivity index (χ1v) is 4.76. The van der Waals surface area contributed by atoms with Gasteiger partial charge in [-0.05, 0) is 38.7 Å². The van der Waals surface area contributed by atoms with Crippen molar-refractivity contribution in [2.24, 2.45) is 0 Å². The topological polar surface area (TPSA) is 3.24 Å². The van der Waals surface area contributed by atoms with Crippen molar-refractivity contribution in [2.75, 3.05) is 13.6 Å². The van der Waals surface area contributed by atoms with Gasteiger partial charge in [0.15, 0.2) is 0 Å². The van der Waals surface area contributed by atoms with Crippen LogP contribution < -0.4 is 0 Å². The second-order valence-corrected chi connectivity index (χ2v) is 3.49. The van der Waals surface area contributed by atoms with Gasteiger partial charge in [-0.2, -0.15) is 0 Å². The molecule has 1 nitrogen and oxygen atoms in total. The van der Waals surface area contributed by atoms with E-state index in [1.807, 2.05) is 0 Å². The zero-order chi connectivity index (χ0) is 8.97. The minimum absolute atomic E-state index is 1.15. The molecule has 1 aliphatic rings. The molecular formula is C11H19N. The molecule has 0 aromatic carbocycles. The van der Waals surface area contributed by atoms with Crippen LogP contribution in [0.1, 0.15) is 33.1 Å². The molecule has 0 amide bonds. The maximum atomic E-state index is 2.36. The van der Waals surface area contributed by atoms with Crippen LogP contribution in [0.5, 0.6) is 0 Å². The van der Waals surface area contributed by atoms with Crippen molar-refractivity contribution in [3.05, 3.63) is 23.4 Å². The molecule has 1 heteroatoms. The maximum absolute atomic E-state index is 2.36.